The molecule has 1 aliphatic rings. The molecule has 19 heavy (non-hydrogen) atoms. The van der Waals surface area contributed by atoms with Crippen LogP contribution in [0.3, 0.4) is 0 Å². The predicted octanol–water partition coefficient (Wildman–Crippen LogP) is -1.26. The number of rotatable bonds is 5. The maximum Gasteiger partial charge on any atom is 0.329 e. The number of nitrogens with one attached hydrogen (secondary N) is 1. The summed E-state index contributed by atoms with van der Waals surface area (Å²) in [5.74, 6) is -2.61. The number of hydrogen-bond acceptors (Lipinski definition) is 5. The van der Waals surface area contributed by atoms with Crippen LogP contribution < -0.4 is 5.32 Å². The van der Waals surface area contributed by atoms with Gasteiger partial charge in [0, 0.05) is 0 Å². The molecular formula is C11H16N2O6. The fourth-order valence-corrected chi connectivity index (χ4v) is 1.75. The quantitative estimate of drug-likeness (QED) is 0.367. The number of aliphatic carboxylic acids is 1. The van der Waals surface area contributed by atoms with Gasteiger partial charge in [-0.3, -0.25) is 14.4 Å². The molecule has 2 amide bonds. The molecule has 2 unspecified atom stereocenters. The normalized spacial score (nSPS) is 22.5. The van der Waals surface area contributed by atoms with Crippen molar-refractivity contribution >= 4 is 24.3 Å². The lowest BCUT2D eigenvalue weighted by Gasteiger charge is -2.43. The van der Waals surface area contributed by atoms with Gasteiger partial charge in [0.2, 0.25) is 12.3 Å². The van der Waals surface area contributed by atoms with Crippen molar-refractivity contribution in [3.05, 3.63) is 0 Å². The lowest BCUT2D eigenvalue weighted by atomic mass is 9.95. The Hall–Kier alpha value is -2.12. The molecule has 1 fully saturated rings. The van der Waals surface area contributed by atoms with Crippen molar-refractivity contribution in [3.63, 3.8) is 0 Å². The highest BCUT2D eigenvalue weighted by atomic mass is 16.6. The van der Waals surface area contributed by atoms with E-state index in [-0.39, 0.29) is 6.41 Å². The molecule has 0 saturated carbocycles. The van der Waals surface area contributed by atoms with Crippen LogP contribution in [0, 0.1) is 0 Å². The van der Waals surface area contributed by atoms with Gasteiger partial charge < -0.3 is 20.1 Å². The van der Waals surface area contributed by atoms with Gasteiger partial charge in [-0.25, -0.2) is 4.79 Å². The standard InChI is InChI=1S/C11H16N2O6/c1-11(2,3)19-6(15)4-13-8(10(17)18)7(9(13)16)12-5-14/h5,7-8H,4H2,1-3H3,(H,12,14)(H,17,18). The molecule has 0 aliphatic carbocycles. The van der Waals surface area contributed by atoms with Crippen LogP contribution >= 0.6 is 0 Å². The zero-order valence-corrected chi connectivity index (χ0v) is 10.9. The topological polar surface area (TPSA) is 113 Å². The third-order valence-electron chi connectivity index (χ3n) is 2.42. The Morgan fingerprint density at radius 2 is 2.05 bits per heavy atom. The highest BCUT2D eigenvalue weighted by molar-refractivity contribution is 6.01. The van der Waals surface area contributed by atoms with E-state index in [1.165, 1.54) is 0 Å². The summed E-state index contributed by atoms with van der Waals surface area (Å²) in [7, 11) is 0. The number of carboxylic acid groups (broad SMARTS) is 1. The Kier molecular flexibility index (Phi) is 4.13. The molecule has 0 aromatic carbocycles. The van der Waals surface area contributed by atoms with E-state index in [0.717, 1.165) is 4.90 Å². The van der Waals surface area contributed by atoms with Gasteiger partial charge in [0.25, 0.3) is 0 Å². The Morgan fingerprint density at radius 3 is 2.47 bits per heavy atom. The summed E-state index contributed by atoms with van der Waals surface area (Å²) in [4.78, 5) is 45.3. The largest absolute Gasteiger partial charge is 0.480 e. The van der Waals surface area contributed by atoms with Crippen molar-refractivity contribution in [2.75, 3.05) is 6.54 Å². The molecule has 0 aromatic heterocycles. The molecule has 8 heteroatoms. The third kappa shape index (κ3) is 3.43. The van der Waals surface area contributed by atoms with Gasteiger partial charge in [-0.05, 0) is 20.8 Å². The van der Waals surface area contributed by atoms with Crippen molar-refractivity contribution in [2.24, 2.45) is 0 Å². The van der Waals surface area contributed by atoms with E-state index in [1.54, 1.807) is 20.8 Å². The van der Waals surface area contributed by atoms with Gasteiger partial charge in [0.15, 0.2) is 6.04 Å². The van der Waals surface area contributed by atoms with Crippen molar-refractivity contribution in [2.45, 2.75) is 38.5 Å². The summed E-state index contributed by atoms with van der Waals surface area (Å²) >= 11 is 0. The second kappa shape index (κ2) is 5.25. The molecule has 1 aliphatic heterocycles. The minimum Gasteiger partial charge on any atom is -0.480 e. The number of hydrogen-bond donors (Lipinski definition) is 2. The van der Waals surface area contributed by atoms with E-state index in [1.807, 2.05) is 0 Å². The number of carboxylic acids is 1. The Bertz CT molecular complexity index is 414. The highest BCUT2D eigenvalue weighted by Gasteiger charge is 2.52. The average molecular weight is 272 g/mol. The summed E-state index contributed by atoms with van der Waals surface area (Å²) in [6, 6.07) is -2.37. The van der Waals surface area contributed by atoms with E-state index in [4.69, 9.17) is 9.84 Å². The number of carbonyl (C=O) groups is 4. The number of amides is 2. The van der Waals surface area contributed by atoms with E-state index in [9.17, 15) is 19.2 Å². The van der Waals surface area contributed by atoms with Crippen molar-refractivity contribution in [1.82, 2.24) is 10.2 Å². The second-order valence-electron chi connectivity index (χ2n) is 5.10. The lowest BCUT2D eigenvalue weighted by molar-refractivity contribution is -0.174. The van der Waals surface area contributed by atoms with Crippen molar-refractivity contribution < 1.29 is 29.0 Å². The van der Waals surface area contributed by atoms with Crippen LogP contribution in [-0.2, 0) is 23.9 Å². The van der Waals surface area contributed by atoms with Crippen LogP contribution in [0.25, 0.3) is 0 Å². The molecule has 0 aromatic rings. The smallest absolute Gasteiger partial charge is 0.329 e. The predicted molar refractivity (Wildman–Crippen MR) is 62.0 cm³/mol. The SMILES string of the molecule is CC(C)(C)OC(=O)CN1C(=O)C(NC=O)C1C(=O)O. The van der Waals surface area contributed by atoms with Gasteiger partial charge >= 0.3 is 11.9 Å². The summed E-state index contributed by atoms with van der Waals surface area (Å²) < 4.78 is 5.00. The van der Waals surface area contributed by atoms with E-state index in [0.29, 0.717) is 0 Å². The number of nitrogens with zero attached hydrogens (tertiary/aromatic N) is 1. The first-order valence-electron chi connectivity index (χ1n) is 5.62. The number of esters is 1. The van der Waals surface area contributed by atoms with Crippen LogP contribution in [0.4, 0.5) is 0 Å². The van der Waals surface area contributed by atoms with E-state index in [2.05, 4.69) is 5.32 Å². The van der Waals surface area contributed by atoms with Crippen LogP contribution in [0.15, 0.2) is 0 Å². The highest BCUT2D eigenvalue weighted by Crippen LogP contribution is 2.20. The Labute approximate surface area is 109 Å². The maximum atomic E-state index is 11.6. The molecule has 0 bridgehead atoms. The summed E-state index contributed by atoms with van der Waals surface area (Å²) in [6.07, 6.45) is 0.253. The van der Waals surface area contributed by atoms with Gasteiger partial charge in [-0.1, -0.05) is 0 Å². The summed E-state index contributed by atoms with van der Waals surface area (Å²) in [5, 5.41) is 11.1. The van der Waals surface area contributed by atoms with Crippen LogP contribution in [0.2, 0.25) is 0 Å². The molecular weight excluding hydrogens is 256 g/mol. The minimum atomic E-state index is -1.29. The molecule has 8 nitrogen and oxygen atoms in total. The second-order valence-corrected chi connectivity index (χ2v) is 5.10. The fraction of sp³-hybridized carbons (Fsp3) is 0.636. The minimum absolute atomic E-state index is 0.253. The molecule has 0 spiro atoms. The molecule has 1 heterocycles. The number of ether oxygens (including phenoxy) is 1. The molecule has 2 N–H and O–H groups in total. The first-order chi connectivity index (χ1) is 8.67. The average Bonchev–Trinajstić information content (AvgIpc) is 2.23. The number of β-lactam (4-membered cyclic amide) rings is 1. The molecule has 106 valence electrons. The first-order valence-corrected chi connectivity index (χ1v) is 5.62. The fourth-order valence-electron chi connectivity index (χ4n) is 1.75. The Morgan fingerprint density at radius 1 is 1.47 bits per heavy atom. The molecule has 1 saturated heterocycles. The zero-order valence-electron chi connectivity index (χ0n) is 10.9. The summed E-state index contributed by atoms with van der Waals surface area (Å²) in [6.45, 7) is 4.53. The van der Waals surface area contributed by atoms with Crippen LogP contribution in [0.5, 0.6) is 0 Å². The Balaban J connectivity index is 2.68. The zero-order chi connectivity index (χ0) is 14.8. The first kappa shape index (κ1) is 14.9. The lowest BCUT2D eigenvalue weighted by Crippen LogP contribution is -2.73. The van der Waals surface area contributed by atoms with Crippen LogP contribution in [-0.4, -0.2) is 58.5 Å². The number of likely N-dealkylation sites (tertiary alicyclic amines) is 1. The molecule has 2 atom stereocenters. The monoisotopic (exact) mass is 272 g/mol. The summed E-state index contributed by atoms with van der Waals surface area (Å²) in [5.41, 5.74) is -0.718. The third-order valence-corrected chi connectivity index (χ3v) is 2.42. The molecule has 1 rings (SSSR count). The number of carbonyl (C=O) groups excluding carboxylic acids is 3. The van der Waals surface area contributed by atoms with Gasteiger partial charge in [-0.2, -0.15) is 0 Å². The van der Waals surface area contributed by atoms with Gasteiger partial charge in [0.05, 0.1) is 0 Å². The van der Waals surface area contributed by atoms with Crippen molar-refractivity contribution in [3.8, 4) is 0 Å². The van der Waals surface area contributed by atoms with Gasteiger partial charge in [-0.15, -0.1) is 0 Å². The van der Waals surface area contributed by atoms with Crippen LogP contribution in [0.1, 0.15) is 20.8 Å². The van der Waals surface area contributed by atoms with E-state index >= 15 is 0 Å². The maximum absolute atomic E-state index is 11.6. The van der Waals surface area contributed by atoms with Crippen molar-refractivity contribution in [1.29, 1.82) is 0 Å². The van der Waals surface area contributed by atoms with E-state index < -0.39 is 42.1 Å². The van der Waals surface area contributed by atoms with Gasteiger partial charge in [0.1, 0.15) is 18.2 Å². The molecule has 0 radical (unpaired) electrons.